The van der Waals surface area contributed by atoms with Crippen LogP contribution < -0.4 is 5.48 Å². The zero-order valence-corrected chi connectivity index (χ0v) is 9.00. The molecule has 4 nitrogen and oxygen atoms in total. The summed E-state index contributed by atoms with van der Waals surface area (Å²) in [4.78, 5) is 0.342. The summed E-state index contributed by atoms with van der Waals surface area (Å²) in [6.07, 6.45) is 1.51. The van der Waals surface area contributed by atoms with E-state index in [9.17, 15) is 8.42 Å². The van der Waals surface area contributed by atoms with Gasteiger partial charge in [0.1, 0.15) is 0 Å². The van der Waals surface area contributed by atoms with E-state index in [4.69, 9.17) is 5.21 Å². The Morgan fingerprint density at radius 3 is 2.60 bits per heavy atom. The predicted octanol–water partition coefficient (Wildman–Crippen LogP) is 1.10. The third-order valence-electron chi connectivity index (χ3n) is 2.51. The Morgan fingerprint density at radius 1 is 1.33 bits per heavy atom. The molecule has 0 bridgehead atoms. The smallest absolute Gasteiger partial charge is 0.181 e. The molecule has 1 aliphatic carbocycles. The number of benzene rings is 1. The lowest BCUT2D eigenvalue weighted by atomic mass is 10.2. The minimum atomic E-state index is -3.17. The van der Waals surface area contributed by atoms with Crippen LogP contribution in [0.15, 0.2) is 29.2 Å². The van der Waals surface area contributed by atoms with Gasteiger partial charge in [0.15, 0.2) is 9.84 Å². The lowest BCUT2D eigenvalue weighted by Gasteiger charge is -2.08. The maximum atomic E-state index is 12.0. The molecule has 2 N–H and O–H groups in total. The molecule has 0 aromatic heterocycles. The van der Waals surface area contributed by atoms with Crippen molar-refractivity contribution >= 4 is 9.84 Å². The summed E-state index contributed by atoms with van der Waals surface area (Å²) in [7, 11) is -3.17. The highest BCUT2D eigenvalue weighted by molar-refractivity contribution is 7.92. The lowest BCUT2D eigenvalue weighted by molar-refractivity contribution is 0.160. The van der Waals surface area contributed by atoms with Crippen LogP contribution in [-0.4, -0.2) is 18.9 Å². The van der Waals surface area contributed by atoms with E-state index in [1.165, 1.54) is 0 Å². The van der Waals surface area contributed by atoms with Crippen molar-refractivity contribution in [3.63, 3.8) is 0 Å². The quantitative estimate of drug-likeness (QED) is 0.756. The second kappa shape index (κ2) is 3.92. The second-order valence-electron chi connectivity index (χ2n) is 3.69. The van der Waals surface area contributed by atoms with Gasteiger partial charge in [-0.05, 0) is 24.5 Å². The van der Waals surface area contributed by atoms with Gasteiger partial charge in [0.05, 0.1) is 10.1 Å². The molecule has 0 spiro atoms. The zero-order valence-electron chi connectivity index (χ0n) is 8.18. The van der Waals surface area contributed by atoms with Crippen LogP contribution in [-0.2, 0) is 16.4 Å². The maximum Gasteiger partial charge on any atom is 0.181 e. The summed E-state index contributed by atoms with van der Waals surface area (Å²) < 4.78 is 24.0. The Bertz CT molecular complexity index is 451. The third-order valence-corrected chi connectivity index (χ3v) is 4.87. The van der Waals surface area contributed by atoms with Gasteiger partial charge in [0, 0.05) is 6.54 Å². The Kier molecular flexibility index (Phi) is 2.77. The number of nitrogens with one attached hydrogen (secondary N) is 1. The first kappa shape index (κ1) is 10.6. The van der Waals surface area contributed by atoms with Gasteiger partial charge in [-0.15, -0.1) is 0 Å². The Hall–Kier alpha value is -0.910. The van der Waals surface area contributed by atoms with Crippen molar-refractivity contribution in [3.05, 3.63) is 29.8 Å². The van der Waals surface area contributed by atoms with E-state index in [0.29, 0.717) is 10.5 Å². The van der Waals surface area contributed by atoms with Crippen molar-refractivity contribution < 1.29 is 13.6 Å². The summed E-state index contributed by atoms with van der Waals surface area (Å²) in [5, 5.41) is 8.41. The molecule has 1 fully saturated rings. The highest BCUT2D eigenvalue weighted by Gasteiger charge is 2.37. The van der Waals surface area contributed by atoms with Crippen molar-refractivity contribution in [2.75, 3.05) is 0 Å². The summed E-state index contributed by atoms with van der Waals surface area (Å²) in [5.74, 6) is 0. The highest BCUT2D eigenvalue weighted by atomic mass is 32.2. The number of hydrogen-bond donors (Lipinski definition) is 2. The van der Waals surface area contributed by atoms with Crippen LogP contribution in [0.3, 0.4) is 0 Å². The zero-order chi connectivity index (χ0) is 10.9. The number of rotatable bonds is 4. The normalized spacial score (nSPS) is 16.6. The van der Waals surface area contributed by atoms with Gasteiger partial charge in [-0.25, -0.2) is 13.9 Å². The summed E-state index contributed by atoms with van der Waals surface area (Å²) in [5.41, 5.74) is 2.61. The van der Waals surface area contributed by atoms with Crippen molar-refractivity contribution in [1.82, 2.24) is 5.48 Å². The van der Waals surface area contributed by atoms with Gasteiger partial charge in [0.25, 0.3) is 0 Å². The van der Waals surface area contributed by atoms with Crippen LogP contribution >= 0.6 is 0 Å². The van der Waals surface area contributed by atoms with Gasteiger partial charge in [-0.1, -0.05) is 18.2 Å². The minimum absolute atomic E-state index is 0.155. The summed E-state index contributed by atoms with van der Waals surface area (Å²) in [6.45, 7) is 0.155. The standard InChI is InChI=1S/C10H13NO3S/c12-11-7-8-3-1-2-4-10(8)15(13,14)9-5-6-9/h1-4,9,11-12H,5-7H2. The SMILES string of the molecule is O=S(=O)(c1ccccc1CNO)C1CC1. The number of sulfone groups is 1. The highest BCUT2D eigenvalue weighted by Crippen LogP contribution is 2.34. The fraction of sp³-hybridized carbons (Fsp3) is 0.400. The third kappa shape index (κ3) is 2.04. The van der Waals surface area contributed by atoms with E-state index in [-0.39, 0.29) is 11.8 Å². The molecule has 0 saturated heterocycles. The molecule has 1 aromatic rings. The van der Waals surface area contributed by atoms with Crippen molar-refractivity contribution in [1.29, 1.82) is 0 Å². The fourth-order valence-corrected chi connectivity index (χ4v) is 3.46. The van der Waals surface area contributed by atoms with Crippen LogP contribution in [0.1, 0.15) is 18.4 Å². The first-order valence-corrected chi connectivity index (χ1v) is 6.39. The fourth-order valence-electron chi connectivity index (χ4n) is 1.57. The molecular weight excluding hydrogens is 214 g/mol. The number of hydrogen-bond acceptors (Lipinski definition) is 4. The average molecular weight is 227 g/mol. The molecule has 0 amide bonds. The first-order valence-electron chi connectivity index (χ1n) is 4.85. The van der Waals surface area contributed by atoms with Crippen molar-refractivity contribution in [3.8, 4) is 0 Å². The predicted molar refractivity (Wildman–Crippen MR) is 55.3 cm³/mol. The molecule has 0 heterocycles. The van der Waals surface area contributed by atoms with E-state index >= 15 is 0 Å². The van der Waals surface area contributed by atoms with Crippen LogP contribution in [0.2, 0.25) is 0 Å². The van der Waals surface area contributed by atoms with E-state index < -0.39 is 9.84 Å². The molecule has 0 radical (unpaired) electrons. The van der Waals surface area contributed by atoms with Gasteiger partial charge in [-0.3, -0.25) is 0 Å². The summed E-state index contributed by atoms with van der Waals surface area (Å²) >= 11 is 0. The van der Waals surface area contributed by atoms with E-state index in [1.54, 1.807) is 24.3 Å². The molecule has 1 saturated carbocycles. The Balaban J connectivity index is 2.42. The topological polar surface area (TPSA) is 66.4 Å². The monoisotopic (exact) mass is 227 g/mol. The van der Waals surface area contributed by atoms with E-state index in [2.05, 4.69) is 0 Å². The van der Waals surface area contributed by atoms with Crippen LogP contribution in [0.25, 0.3) is 0 Å². The van der Waals surface area contributed by atoms with Gasteiger partial charge >= 0.3 is 0 Å². The minimum Gasteiger partial charge on any atom is -0.316 e. The molecule has 0 atom stereocenters. The van der Waals surface area contributed by atoms with Gasteiger partial charge in [-0.2, -0.15) is 0 Å². The molecular formula is C10H13NO3S. The molecule has 2 rings (SSSR count). The second-order valence-corrected chi connectivity index (χ2v) is 5.88. The van der Waals surface area contributed by atoms with Crippen LogP contribution in [0.5, 0.6) is 0 Å². The van der Waals surface area contributed by atoms with Crippen molar-refractivity contribution in [2.24, 2.45) is 0 Å². The molecule has 1 aromatic carbocycles. The summed E-state index contributed by atoms with van der Waals surface area (Å²) in [6, 6.07) is 6.77. The van der Waals surface area contributed by atoms with E-state index in [1.807, 2.05) is 5.48 Å². The van der Waals surface area contributed by atoms with Crippen molar-refractivity contribution in [2.45, 2.75) is 29.5 Å². The molecule has 0 aliphatic heterocycles. The molecule has 15 heavy (non-hydrogen) atoms. The largest absolute Gasteiger partial charge is 0.316 e. The number of hydroxylamine groups is 1. The van der Waals surface area contributed by atoms with Crippen LogP contribution in [0.4, 0.5) is 0 Å². The van der Waals surface area contributed by atoms with Gasteiger partial charge < -0.3 is 5.21 Å². The van der Waals surface area contributed by atoms with E-state index in [0.717, 1.165) is 12.8 Å². The molecule has 0 unspecified atom stereocenters. The first-order chi connectivity index (χ1) is 7.16. The molecule has 1 aliphatic rings. The Morgan fingerprint density at radius 2 is 2.00 bits per heavy atom. The average Bonchev–Trinajstić information content (AvgIpc) is 3.02. The maximum absolute atomic E-state index is 12.0. The Labute approximate surface area is 88.8 Å². The van der Waals surface area contributed by atoms with Crippen LogP contribution in [0, 0.1) is 0 Å². The lowest BCUT2D eigenvalue weighted by Crippen LogP contribution is -2.14. The molecule has 82 valence electrons. The molecule has 5 heteroatoms. The van der Waals surface area contributed by atoms with Gasteiger partial charge in [0.2, 0.25) is 0 Å².